The molecule has 3 heteroatoms. The Morgan fingerprint density at radius 3 is 2.81 bits per heavy atom. The number of nitrogens with one attached hydrogen (secondary N) is 1. The second kappa shape index (κ2) is 5.48. The van der Waals surface area contributed by atoms with E-state index in [1.54, 1.807) is 7.11 Å². The van der Waals surface area contributed by atoms with Crippen molar-refractivity contribution < 1.29 is 9.47 Å². The quantitative estimate of drug-likeness (QED) is 0.796. The molecule has 0 spiro atoms. The van der Waals surface area contributed by atoms with Gasteiger partial charge in [0.25, 0.3) is 0 Å². The van der Waals surface area contributed by atoms with Crippen molar-refractivity contribution >= 4 is 0 Å². The van der Waals surface area contributed by atoms with Crippen LogP contribution in [-0.2, 0) is 9.47 Å². The van der Waals surface area contributed by atoms with E-state index >= 15 is 0 Å². The van der Waals surface area contributed by atoms with Crippen molar-refractivity contribution in [3.63, 3.8) is 0 Å². The van der Waals surface area contributed by atoms with Gasteiger partial charge in [0.05, 0.1) is 12.2 Å². The van der Waals surface area contributed by atoms with Gasteiger partial charge in [0.2, 0.25) is 0 Å². The molecule has 2 rings (SSSR count). The van der Waals surface area contributed by atoms with Gasteiger partial charge < -0.3 is 14.8 Å². The summed E-state index contributed by atoms with van der Waals surface area (Å²) in [6.07, 6.45) is 5.89. The average Bonchev–Trinajstić information content (AvgIpc) is 2.77. The Bertz CT molecular complexity index is 222. The minimum atomic E-state index is 0.280. The molecule has 1 saturated carbocycles. The van der Waals surface area contributed by atoms with Crippen LogP contribution in [0.2, 0.25) is 0 Å². The lowest BCUT2D eigenvalue weighted by molar-refractivity contribution is 0.0391. The Hall–Kier alpha value is -0.120. The first-order valence-electron chi connectivity index (χ1n) is 6.63. The van der Waals surface area contributed by atoms with Gasteiger partial charge in [0.1, 0.15) is 0 Å². The zero-order valence-electron chi connectivity index (χ0n) is 10.7. The number of methoxy groups -OCH3 is 1. The molecule has 2 aliphatic rings. The Kier molecular flexibility index (Phi) is 4.22. The van der Waals surface area contributed by atoms with Crippen LogP contribution in [0, 0.1) is 5.92 Å². The van der Waals surface area contributed by atoms with E-state index in [2.05, 4.69) is 19.2 Å². The highest BCUT2D eigenvalue weighted by atomic mass is 16.5. The van der Waals surface area contributed by atoms with Crippen molar-refractivity contribution in [1.82, 2.24) is 5.32 Å². The Labute approximate surface area is 98.9 Å². The minimum Gasteiger partial charge on any atom is -0.380 e. The van der Waals surface area contributed by atoms with Gasteiger partial charge in [-0.15, -0.1) is 0 Å². The molecule has 16 heavy (non-hydrogen) atoms. The average molecular weight is 227 g/mol. The molecular formula is C13H25NO2. The van der Waals surface area contributed by atoms with Gasteiger partial charge in [-0.1, -0.05) is 0 Å². The number of hydrogen-bond donors (Lipinski definition) is 1. The summed E-state index contributed by atoms with van der Waals surface area (Å²) in [5, 5.41) is 3.74. The molecule has 0 radical (unpaired) electrons. The molecule has 5 unspecified atom stereocenters. The molecular weight excluding hydrogens is 202 g/mol. The van der Waals surface area contributed by atoms with Crippen molar-refractivity contribution in [1.29, 1.82) is 0 Å². The monoisotopic (exact) mass is 227 g/mol. The maximum atomic E-state index is 5.78. The van der Waals surface area contributed by atoms with Gasteiger partial charge in [-0.2, -0.15) is 0 Å². The molecule has 1 saturated heterocycles. The summed E-state index contributed by atoms with van der Waals surface area (Å²) in [5.41, 5.74) is 0. The predicted octanol–water partition coefficient (Wildman–Crippen LogP) is 1.96. The molecule has 0 amide bonds. The van der Waals surface area contributed by atoms with Gasteiger partial charge in [-0.05, 0) is 39.5 Å². The van der Waals surface area contributed by atoms with Gasteiger partial charge >= 0.3 is 0 Å². The fourth-order valence-corrected chi connectivity index (χ4v) is 3.06. The molecule has 2 fully saturated rings. The Morgan fingerprint density at radius 2 is 2.06 bits per heavy atom. The van der Waals surface area contributed by atoms with Crippen LogP contribution >= 0.6 is 0 Å². The summed E-state index contributed by atoms with van der Waals surface area (Å²) < 4.78 is 11.2. The van der Waals surface area contributed by atoms with Crippen molar-refractivity contribution in [3.8, 4) is 0 Å². The normalized spacial score (nSPS) is 38.1. The predicted molar refractivity (Wildman–Crippen MR) is 64.6 cm³/mol. The van der Waals surface area contributed by atoms with E-state index in [-0.39, 0.29) is 6.10 Å². The molecule has 0 aromatic rings. The Balaban J connectivity index is 1.88. The lowest BCUT2D eigenvalue weighted by Gasteiger charge is -2.36. The fraction of sp³-hybridized carbons (Fsp3) is 1.00. The van der Waals surface area contributed by atoms with Crippen LogP contribution in [0.5, 0.6) is 0 Å². The van der Waals surface area contributed by atoms with E-state index in [0.29, 0.717) is 18.2 Å². The van der Waals surface area contributed by atoms with Crippen LogP contribution in [0.25, 0.3) is 0 Å². The highest BCUT2D eigenvalue weighted by molar-refractivity contribution is 4.92. The lowest BCUT2D eigenvalue weighted by atomic mass is 9.81. The summed E-state index contributed by atoms with van der Waals surface area (Å²) in [6.45, 7) is 5.30. The van der Waals surface area contributed by atoms with Crippen LogP contribution in [0.3, 0.4) is 0 Å². The molecule has 1 heterocycles. The van der Waals surface area contributed by atoms with Crippen LogP contribution < -0.4 is 5.32 Å². The van der Waals surface area contributed by atoms with E-state index in [9.17, 15) is 0 Å². The largest absolute Gasteiger partial charge is 0.380 e. The van der Waals surface area contributed by atoms with Gasteiger partial charge in [-0.25, -0.2) is 0 Å². The van der Waals surface area contributed by atoms with E-state index < -0.39 is 0 Å². The highest BCUT2D eigenvalue weighted by Gasteiger charge is 2.38. The topological polar surface area (TPSA) is 30.5 Å². The molecule has 94 valence electrons. The standard InChI is InChI=1S/C13H25NO2/c1-9(10(2)15-3)14-12-5-4-6-13-11(12)7-8-16-13/h9-14H,4-8H2,1-3H3. The van der Waals surface area contributed by atoms with Gasteiger partial charge in [0.15, 0.2) is 0 Å². The highest BCUT2D eigenvalue weighted by Crippen LogP contribution is 2.34. The van der Waals surface area contributed by atoms with Crippen molar-refractivity contribution in [2.75, 3.05) is 13.7 Å². The maximum absolute atomic E-state index is 5.78. The number of ether oxygens (including phenoxy) is 2. The van der Waals surface area contributed by atoms with Crippen LogP contribution in [0.4, 0.5) is 0 Å². The number of rotatable bonds is 4. The molecule has 1 N–H and O–H groups in total. The number of fused-ring (bicyclic) bond motifs is 1. The van der Waals surface area contributed by atoms with Crippen molar-refractivity contribution in [2.45, 2.75) is 63.8 Å². The third-order valence-electron chi connectivity index (χ3n) is 4.33. The maximum Gasteiger partial charge on any atom is 0.0693 e. The molecule has 5 atom stereocenters. The summed E-state index contributed by atoms with van der Waals surface area (Å²) in [6, 6.07) is 1.06. The zero-order valence-corrected chi connectivity index (χ0v) is 10.7. The van der Waals surface area contributed by atoms with E-state index in [1.807, 2.05) is 0 Å². The summed E-state index contributed by atoms with van der Waals surface area (Å²) in [4.78, 5) is 0. The van der Waals surface area contributed by atoms with Crippen LogP contribution in [0.15, 0.2) is 0 Å². The van der Waals surface area contributed by atoms with E-state index in [4.69, 9.17) is 9.47 Å². The first-order valence-corrected chi connectivity index (χ1v) is 6.63. The zero-order chi connectivity index (χ0) is 11.5. The second-order valence-corrected chi connectivity index (χ2v) is 5.30. The third kappa shape index (κ3) is 2.58. The smallest absolute Gasteiger partial charge is 0.0693 e. The summed E-state index contributed by atoms with van der Waals surface area (Å²) >= 11 is 0. The van der Waals surface area contributed by atoms with Crippen LogP contribution in [-0.4, -0.2) is 38.0 Å². The van der Waals surface area contributed by atoms with Crippen molar-refractivity contribution in [2.24, 2.45) is 5.92 Å². The third-order valence-corrected chi connectivity index (χ3v) is 4.33. The second-order valence-electron chi connectivity index (χ2n) is 5.30. The SMILES string of the molecule is COC(C)C(C)NC1CCCC2OCCC12. The molecule has 1 aliphatic carbocycles. The van der Waals surface area contributed by atoms with Gasteiger partial charge in [0, 0.05) is 31.7 Å². The molecule has 0 aromatic heterocycles. The van der Waals surface area contributed by atoms with E-state index in [0.717, 1.165) is 12.5 Å². The Morgan fingerprint density at radius 1 is 1.25 bits per heavy atom. The van der Waals surface area contributed by atoms with Crippen LogP contribution in [0.1, 0.15) is 39.5 Å². The first kappa shape index (κ1) is 12.3. The first-order chi connectivity index (χ1) is 7.72. The molecule has 0 bridgehead atoms. The number of hydrogen-bond acceptors (Lipinski definition) is 3. The lowest BCUT2D eigenvalue weighted by Crippen LogP contribution is -2.49. The van der Waals surface area contributed by atoms with Crippen molar-refractivity contribution in [3.05, 3.63) is 0 Å². The fourth-order valence-electron chi connectivity index (χ4n) is 3.06. The summed E-state index contributed by atoms with van der Waals surface area (Å²) in [5.74, 6) is 0.736. The molecule has 3 nitrogen and oxygen atoms in total. The summed E-state index contributed by atoms with van der Waals surface area (Å²) in [7, 11) is 1.78. The minimum absolute atomic E-state index is 0.280. The van der Waals surface area contributed by atoms with Gasteiger partial charge in [-0.3, -0.25) is 0 Å². The van der Waals surface area contributed by atoms with E-state index in [1.165, 1.54) is 25.7 Å². The molecule has 0 aromatic carbocycles. The molecule has 1 aliphatic heterocycles.